The summed E-state index contributed by atoms with van der Waals surface area (Å²) in [6.07, 6.45) is 4.94. The highest BCUT2D eigenvalue weighted by molar-refractivity contribution is 7.17. The maximum absolute atomic E-state index is 12.7. The standard InChI is InChI=1S/C21H23N5O5S/c1-11(2)31-19(28)16-13-6-4-5-7-14(13)32-18(16)23-15(27)10-30-20(29)17-24-21-22-9-8-12(3)26(21)25-17/h8-9,11H,4-7,10H2,1-3H3,(H,23,27). The average molecular weight is 458 g/mol. The zero-order chi connectivity index (χ0) is 22.8. The monoisotopic (exact) mass is 457 g/mol. The van der Waals surface area contributed by atoms with Gasteiger partial charge in [-0.05, 0) is 58.1 Å². The van der Waals surface area contributed by atoms with Crippen LogP contribution >= 0.6 is 11.3 Å². The zero-order valence-corrected chi connectivity index (χ0v) is 18.8. The number of thiophene rings is 1. The largest absolute Gasteiger partial charge is 0.459 e. The van der Waals surface area contributed by atoms with Crippen molar-refractivity contribution < 1.29 is 23.9 Å². The summed E-state index contributed by atoms with van der Waals surface area (Å²) in [7, 11) is 0. The Morgan fingerprint density at radius 1 is 1.22 bits per heavy atom. The molecular formula is C21H23N5O5S. The average Bonchev–Trinajstić information content (AvgIpc) is 3.33. The molecule has 0 bridgehead atoms. The van der Waals surface area contributed by atoms with Crippen LogP contribution in [0, 0.1) is 6.92 Å². The Morgan fingerprint density at radius 2 is 2.00 bits per heavy atom. The number of hydrogen-bond acceptors (Lipinski definition) is 9. The van der Waals surface area contributed by atoms with Gasteiger partial charge in [0.1, 0.15) is 5.00 Å². The Morgan fingerprint density at radius 3 is 2.75 bits per heavy atom. The molecule has 11 heteroatoms. The molecule has 1 aliphatic rings. The maximum Gasteiger partial charge on any atom is 0.378 e. The van der Waals surface area contributed by atoms with Crippen molar-refractivity contribution in [2.24, 2.45) is 0 Å². The normalized spacial score (nSPS) is 13.1. The molecule has 3 aromatic rings. The minimum Gasteiger partial charge on any atom is -0.459 e. The molecule has 0 aliphatic heterocycles. The Balaban J connectivity index is 1.45. The highest BCUT2D eigenvalue weighted by Crippen LogP contribution is 2.38. The lowest BCUT2D eigenvalue weighted by atomic mass is 9.95. The van der Waals surface area contributed by atoms with E-state index in [0.29, 0.717) is 10.6 Å². The van der Waals surface area contributed by atoms with Gasteiger partial charge in [0.25, 0.3) is 17.5 Å². The number of rotatable bonds is 6. The Bertz CT molecular complexity index is 1200. The lowest BCUT2D eigenvalue weighted by Crippen LogP contribution is -2.23. The van der Waals surface area contributed by atoms with Crippen LogP contribution in [0.5, 0.6) is 0 Å². The summed E-state index contributed by atoms with van der Waals surface area (Å²) in [5.74, 6) is -1.78. The highest BCUT2D eigenvalue weighted by Gasteiger charge is 2.28. The lowest BCUT2D eigenvalue weighted by molar-refractivity contribution is -0.119. The third-order valence-electron chi connectivity index (χ3n) is 4.92. The molecule has 3 aromatic heterocycles. The molecule has 4 rings (SSSR count). The Kier molecular flexibility index (Phi) is 6.17. The second-order valence-electron chi connectivity index (χ2n) is 7.73. The molecule has 1 aliphatic carbocycles. The van der Waals surface area contributed by atoms with Gasteiger partial charge in [-0.1, -0.05) is 0 Å². The first-order valence-corrected chi connectivity index (χ1v) is 11.2. The van der Waals surface area contributed by atoms with Crippen LogP contribution in [0.25, 0.3) is 5.78 Å². The number of carbonyl (C=O) groups is 3. The van der Waals surface area contributed by atoms with Crippen LogP contribution in [0.2, 0.25) is 0 Å². The van der Waals surface area contributed by atoms with Gasteiger partial charge in [-0.3, -0.25) is 4.79 Å². The molecule has 0 atom stereocenters. The van der Waals surface area contributed by atoms with E-state index in [1.807, 2.05) is 0 Å². The van der Waals surface area contributed by atoms with Gasteiger partial charge in [0.05, 0.1) is 11.7 Å². The predicted octanol–water partition coefficient (Wildman–Crippen LogP) is 2.73. The van der Waals surface area contributed by atoms with E-state index in [-0.39, 0.29) is 17.7 Å². The summed E-state index contributed by atoms with van der Waals surface area (Å²) in [5.41, 5.74) is 2.10. The third kappa shape index (κ3) is 4.47. The number of aromatic nitrogens is 4. The molecule has 32 heavy (non-hydrogen) atoms. The fraction of sp³-hybridized carbons (Fsp3) is 0.429. The van der Waals surface area contributed by atoms with Crippen molar-refractivity contribution >= 4 is 40.0 Å². The molecule has 0 spiro atoms. The van der Waals surface area contributed by atoms with Crippen molar-refractivity contribution in [3.63, 3.8) is 0 Å². The molecule has 0 unspecified atom stereocenters. The fourth-order valence-electron chi connectivity index (χ4n) is 3.49. The van der Waals surface area contributed by atoms with Crippen LogP contribution in [0.15, 0.2) is 12.3 Å². The van der Waals surface area contributed by atoms with Crippen LogP contribution < -0.4 is 5.32 Å². The Labute approximate surface area is 188 Å². The van der Waals surface area contributed by atoms with Crippen LogP contribution in [-0.4, -0.2) is 50.1 Å². The quantitative estimate of drug-likeness (QED) is 0.560. The molecule has 0 saturated carbocycles. The van der Waals surface area contributed by atoms with Gasteiger partial charge in [-0.15, -0.1) is 16.4 Å². The van der Waals surface area contributed by atoms with Crippen LogP contribution in [-0.2, 0) is 27.1 Å². The maximum atomic E-state index is 12.7. The minimum absolute atomic E-state index is 0.188. The number of hydrogen-bond donors (Lipinski definition) is 1. The summed E-state index contributed by atoms with van der Waals surface area (Å²) in [6, 6.07) is 1.73. The summed E-state index contributed by atoms with van der Waals surface area (Å²) in [4.78, 5) is 46.6. The van der Waals surface area contributed by atoms with Gasteiger partial charge in [0, 0.05) is 16.8 Å². The Hall–Kier alpha value is -3.34. The first-order valence-electron chi connectivity index (χ1n) is 10.3. The van der Waals surface area contributed by atoms with Crippen molar-refractivity contribution in [2.45, 2.75) is 52.6 Å². The lowest BCUT2D eigenvalue weighted by Gasteiger charge is -2.14. The molecule has 1 amide bonds. The third-order valence-corrected chi connectivity index (χ3v) is 6.13. The number of carbonyl (C=O) groups excluding carboxylic acids is 3. The summed E-state index contributed by atoms with van der Waals surface area (Å²) >= 11 is 1.37. The van der Waals surface area contributed by atoms with Gasteiger partial charge >= 0.3 is 11.9 Å². The molecule has 0 radical (unpaired) electrons. The molecule has 0 saturated heterocycles. The topological polar surface area (TPSA) is 125 Å². The summed E-state index contributed by atoms with van der Waals surface area (Å²) in [6.45, 7) is 4.81. The SMILES string of the molecule is Cc1ccnc2nc(C(=O)OCC(=O)Nc3sc4c(c3C(=O)OC(C)C)CCCC4)nn12. The van der Waals surface area contributed by atoms with Gasteiger partial charge in [-0.2, -0.15) is 4.98 Å². The molecular weight excluding hydrogens is 434 g/mol. The van der Waals surface area contributed by atoms with E-state index in [0.717, 1.165) is 41.8 Å². The van der Waals surface area contributed by atoms with E-state index in [1.54, 1.807) is 33.0 Å². The van der Waals surface area contributed by atoms with Gasteiger partial charge in [0.15, 0.2) is 6.61 Å². The molecule has 1 N–H and O–H groups in total. The number of fused-ring (bicyclic) bond motifs is 2. The van der Waals surface area contributed by atoms with Crippen LogP contribution in [0.4, 0.5) is 5.00 Å². The van der Waals surface area contributed by atoms with E-state index < -0.39 is 24.5 Å². The van der Waals surface area contributed by atoms with E-state index in [9.17, 15) is 14.4 Å². The highest BCUT2D eigenvalue weighted by atomic mass is 32.1. The van der Waals surface area contributed by atoms with Crippen molar-refractivity contribution in [3.8, 4) is 0 Å². The zero-order valence-electron chi connectivity index (χ0n) is 18.0. The number of aryl methyl sites for hydroxylation is 2. The van der Waals surface area contributed by atoms with Crippen LogP contribution in [0.3, 0.4) is 0 Å². The number of anilines is 1. The van der Waals surface area contributed by atoms with Gasteiger partial charge in [-0.25, -0.2) is 19.1 Å². The molecule has 10 nitrogen and oxygen atoms in total. The van der Waals surface area contributed by atoms with Crippen molar-refractivity contribution in [3.05, 3.63) is 39.8 Å². The van der Waals surface area contributed by atoms with Crippen molar-refractivity contribution in [1.29, 1.82) is 0 Å². The minimum atomic E-state index is -0.838. The molecule has 168 valence electrons. The number of nitrogens with zero attached hydrogens (tertiary/aromatic N) is 4. The van der Waals surface area contributed by atoms with Gasteiger partial charge in [0.2, 0.25) is 0 Å². The van der Waals surface area contributed by atoms with Crippen molar-refractivity contribution in [2.75, 3.05) is 11.9 Å². The first-order chi connectivity index (χ1) is 15.3. The summed E-state index contributed by atoms with van der Waals surface area (Å²) in [5, 5.41) is 7.19. The smallest absolute Gasteiger partial charge is 0.378 e. The number of esters is 2. The number of ether oxygens (including phenoxy) is 2. The second kappa shape index (κ2) is 9.03. The van der Waals surface area contributed by atoms with E-state index in [4.69, 9.17) is 9.47 Å². The predicted molar refractivity (Wildman–Crippen MR) is 116 cm³/mol. The molecule has 0 aromatic carbocycles. The molecule has 3 heterocycles. The number of nitrogens with one attached hydrogen (secondary N) is 1. The second-order valence-corrected chi connectivity index (χ2v) is 8.83. The van der Waals surface area contributed by atoms with Crippen LogP contribution in [0.1, 0.15) is 63.8 Å². The summed E-state index contributed by atoms with van der Waals surface area (Å²) < 4.78 is 11.9. The molecule has 0 fully saturated rings. The van der Waals surface area contributed by atoms with E-state index in [2.05, 4.69) is 20.4 Å². The number of amides is 1. The first kappa shape index (κ1) is 21.9. The van der Waals surface area contributed by atoms with E-state index >= 15 is 0 Å². The van der Waals surface area contributed by atoms with E-state index in [1.165, 1.54) is 15.9 Å². The fourth-order valence-corrected chi connectivity index (χ4v) is 4.79. The van der Waals surface area contributed by atoms with Gasteiger partial charge < -0.3 is 14.8 Å². The van der Waals surface area contributed by atoms with Crippen molar-refractivity contribution in [1.82, 2.24) is 19.6 Å².